The van der Waals surface area contributed by atoms with Gasteiger partial charge in [0.05, 0.1) is 11.2 Å². The fourth-order valence-electron chi connectivity index (χ4n) is 5.40. The van der Waals surface area contributed by atoms with Crippen molar-refractivity contribution >= 4 is 22.5 Å². The summed E-state index contributed by atoms with van der Waals surface area (Å²) in [6.45, 7) is 7.43. The number of anilines is 1. The van der Waals surface area contributed by atoms with Crippen molar-refractivity contribution in [1.29, 1.82) is 0 Å². The Labute approximate surface area is 214 Å². The van der Waals surface area contributed by atoms with E-state index in [4.69, 9.17) is 4.98 Å². The lowest BCUT2D eigenvalue weighted by Crippen LogP contribution is -2.35. The molecule has 36 heavy (non-hydrogen) atoms. The average molecular weight is 486 g/mol. The number of hydrogen-bond acceptors (Lipinski definition) is 5. The summed E-state index contributed by atoms with van der Waals surface area (Å²) in [4.78, 5) is 20.2. The molecule has 3 aromatic rings. The monoisotopic (exact) mass is 485 g/mol. The van der Waals surface area contributed by atoms with E-state index in [9.17, 15) is 4.79 Å². The highest BCUT2D eigenvalue weighted by Crippen LogP contribution is 2.28. The lowest BCUT2D eigenvalue weighted by molar-refractivity contribution is 0.0944. The van der Waals surface area contributed by atoms with Crippen LogP contribution in [0, 0.1) is 5.92 Å². The molecule has 2 aliphatic rings. The van der Waals surface area contributed by atoms with Gasteiger partial charge < -0.3 is 20.9 Å². The summed E-state index contributed by atoms with van der Waals surface area (Å²) in [6, 6.07) is 18.3. The van der Waals surface area contributed by atoms with E-state index in [0.717, 1.165) is 79.8 Å². The van der Waals surface area contributed by atoms with Crippen LogP contribution < -0.4 is 16.0 Å². The standard InChI is InChI=1S/C30H39N5O/c36-30(33-22-23-13-16-31-17-14-23)25-11-9-24(10-12-25)28-21-29(26-7-2-3-8-27(26)34-28)32-15-6-20-35-18-4-1-5-19-35/h2-3,7-12,21,23,31H,1,4-6,13-20,22H2,(H,32,34)(H,33,36). The van der Waals surface area contributed by atoms with Gasteiger partial charge in [-0.05, 0) is 95.0 Å². The summed E-state index contributed by atoms with van der Waals surface area (Å²) in [7, 11) is 0. The van der Waals surface area contributed by atoms with E-state index in [2.05, 4.69) is 45.1 Å². The second-order valence-corrected chi connectivity index (χ2v) is 10.2. The molecule has 6 nitrogen and oxygen atoms in total. The number of pyridine rings is 1. The first-order chi connectivity index (χ1) is 17.8. The van der Waals surface area contributed by atoms with Crippen LogP contribution in [0.2, 0.25) is 0 Å². The summed E-state index contributed by atoms with van der Waals surface area (Å²) < 4.78 is 0. The molecule has 0 atom stereocenters. The van der Waals surface area contributed by atoms with Gasteiger partial charge in [0, 0.05) is 35.3 Å². The first-order valence-corrected chi connectivity index (χ1v) is 13.7. The van der Waals surface area contributed by atoms with Gasteiger partial charge in [-0.15, -0.1) is 0 Å². The first-order valence-electron chi connectivity index (χ1n) is 13.7. The summed E-state index contributed by atoms with van der Waals surface area (Å²) in [6.07, 6.45) is 7.44. The molecule has 3 heterocycles. The number of aromatic nitrogens is 1. The zero-order valence-electron chi connectivity index (χ0n) is 21.3. The molecule has 0 saturated carbocycles. The molecule has 2 fully saturated rings. The molecular formula is C30H39N5O. The van der Waals surface area contributed by atoms with Crippen molar-refractivity contribution in [1.82, 2.24) is 20.5 Å². The molecule has 0 aliphatic carbocycles. The maximum atomic E-state index is 12.7. The molecule has 0 radical (unpaired) electrons. The van der Waals surface area contributed by atoms with Gasteiger partial charge in [-0.3, -0.25) is 4.79 Å². The predicted octanol–water partition coefficient (Wildman–Crippen LogP) is 4.92. The number of rotatable bonds is 9. The minimum absolute atomic E-state index is 0.00242. The molecule has 6 heteroatoms. The number of benzene rings is 2. The number of para-hydroxylation sites is 1. The van der Waals surface area contributed by atoms with Crippen LogP contribution in [0.25, 0.3) is 22.2 Å². The summed E-state index contributed by atoms with van der Waals surface area (Å²) >= 11 is 0. The van der Waals surface area contributed by atoms with E-state index in [1.165, 1.54) is 32.4 Å². The zero-order chi connectivity index (χ0) is 24.6. The van der Waals surface area contributed by atoms with Crippen molar-refractivity contribution in [3.05, 3.63) is 60.2 Å². The highest BCUT2D eigenvalue weighted by Gasteiger charge is 2.15. The van der Waals surface area contributed by atoms with Gasteiger partial charge in [0.15, 0.2) is 0 Å². The molecule has 1 amide bonds. The lowest BCUT2D eigenvalue weighted by atomic mass is 9.98. The number of likely N-dealkylation sites (tertiary alicyclic amines) is 1. The third-order valence-corrected chi connectivity index (χ3v) is 7.58. The van der Waals surface area contributed by atoms with E-state index < -0.39 is 0 Å². The Kier molecular flexibility index (Phi) is 8.47. The maximum Gasteiger partial charge on any atom is 0.251 e. The highest BCUT2D eigenvalue weighted by atomic mass is 16.1. The van der Waals surface area contributed by atoms with E-state index in [1.54, 1.807) is 0 Å². The van der Waals surface area contributed by atoms with Crippen molar-refractivity contribution in [3.8, 4) is 11.3 Å². The topological polar surface area (TPSA) is 69.3 Å². The molecule has 3 N–H and O–H groups in total. The Bertz CT molecular complexity index is 1130. The van der Waals surface area contributed by atoms with Crippen molar-refractivity contribution in [2.24, 2.45) is 5.92 Å². The normalized spacial score (nSPS) is 17.2. The second kappa shape index (κ2) is 12.3. The van der Waals surface area contributed by atoms with Crippen LogP contribution in [0.5, 0.6) is 0 Å². The third kappa shape index (κ3) is 6.42. The molecular weight excluding hydrogens is 446 g/mol. The highest BCUT2D eigenvalue weighted by molar-refractivity contribution is 5.96. The first kappa shape index (κ1) is 24.7. The van der Waals surface area contributed by atoms with Crippen LogP contribution in [0.4, 0.5) is 5.69 Å². The quantitative estimate of drug-likeness (QED) is 0.376. The summed E-state index contributed by atoms with van der Waals surface area (Å²) in [5.41, 5.74) is 4.75. The summed E-state index contributed by atoms with van der Waals surface area (Å²) in [5, 5.41) is 11.3. The van der Waals surface area contributed by atoms with E-state index in [0.29, 0.717) is 11.5 Å². The predicted molar refractivity (Wildman–Crippen MR) is 149 cm³/mol. The number of nitrogens with zero attached hydrogens (tertiary/aromatic N) is 2. The lowest BCUT2D eigenvalue weighted by Gasteiger charge is -2.26. The van der Waals surface area contributed by atoms with Crippen LogP contribution in [-0.2, 0) is 0 Å². The van der Waals surface area contributed by atoms with Gasteiger partial charge in [-0.25, -0.2) is 4.98 Å². The van der Waals surface area contributed by atoms with Gasteiger partial charge >= 0.3 is 0 Å². The number of piperidine rings is 2. The third-order valence-electron chi connectivity index (χ3n) is 7.58. The maximum absolute atomic E-state index is 12.7. The number of nitrogens with one attached hydrogen (secondary N) is 3. The minimum Gasteiger partial charge on any atom is -0.384 e. The zero-order valence-corrected chi connectivity index (χ0v) is 21.3. The number of amides is 1. The van der Waals surface area contributed by atoms with Crippen LogP contribution in [0.3, 0.4) is 0 Å². The van der Waals surface area contributed by atoms with Crippen molar-refractivity contribution in [2.45, 2.75) is 38.5 Å². The minimum atomic E-state index is 0.00242. The fraction of sp³-hybridized carbons (Fsp3) is 0.467. The Morgan fingerprint density at radius 1 is 1.00 bits per heavy atom. The Morgan fingerprint density at radius 2 is 1.78 bits per heavy atom. The van der Waals surface area contributed by atoms with Crippen LogP contribution in [-0.4, -0.2) is 61.6 Å². The van der Waals surface area contributed by atoms with Gasteiger partial charge in [-0.2, -0.15) is 0 Å². The fourth-order valence-corrected chi connectivity index (χ4v) is 5.40. The molecule has 0 spiro atoms. The molecule has 2 aliphatic heterocycles. The Morgan fingerprint density at radius 3 is 2.58 bits per heavy atom. The molecule has 2 saturated heterocycles. The molecule has 190 valence electrons. The van der Waals surface area contributed by atoms with Crippen molar-refractivity contribution in [3.63, 3.8) is 0 Å². The van der Waals surface area contributed by atoms with Gasteiger partial charge in [-0.1, -0.05) is 36.8 Å². The van der Waals surface area contributed by atoms with Gasteiger partial charge in [0.25, 0.3) is 5.91 Å². The smallest absolute Gasteiger partial charge is 0.251 e. The van der Waals surface area contributed by atoms with E-state index in [1.807, 2.05) is 30.3 Å². The number of fused-ring (bicyclic) bond motifs is 1. The molecule has 0 bridgehead atoms. The average Bonchev–Trinajstić information content (AvgIpc) is 2.95. The second-order valence-electron chi connectivity index (χ2n) is 10.2. The molecule has 0 unspecified atom stereocenters. The van der Waals surface area contributed by atoms with Gasteiger partial charge in [0.2, 0.25) is 0 Å². The Balaban J connectivity index is 1.24. The molecule has 1 aromatic heterocycles. The molecule has 5 rings (SSSR count). The van der Waals surface area contributed by atoms with Crippen LogP contribution >= 0.6 is 0 Å². The van der Waals surface area contributed by atoms with Crippen molar-refractivity contribution in [2.75, 3.05) is 51.1 Å². The van der Waals surface area contributed by atoms with E-state index in [-0.39, 0.29) is 5.91 Å². The summed E-state index contributed by atoms with van der Waals surface area (Å²) in [5.74, 6) is 0.574. The van der Waals surface area contributed by atoms with Crippen molar-refractivity contribution < 1.29 is 4.79 Å². The van der Waals surface area contributed by atoms with E-state index >= 15 is 0 Å². The SMILES string of the molecule is O=C(NCC1CCNCC1)c1ccc(-c2cc(NCCCN3CCCCC3)c3ccccc3n2)cc1. The van der Waals surface area contributed by atoms with Crippen LogP contribution in [0.1, 0.15) is 48.9 Å². The van der Waals surface area contributed by atoms with Gasteiger partial charge in [0.1, 0.15) is 0 Å². The largest absolute Gasteiger partial charge is 0.384 e. The Hall–Kier alpha value is -2.96. The number of carbonyl (C=O) groups is 1. The van der Waals surface area contributed by atoms with Crippen LogP contribution in [0.15, 0.2) is 54.6 Å². The molecule has 2 aromatic carbocycles. The number of carbonyl (C=O) groups excluding carboxylic acids is 1. The number of hydrogen-bond donors (Lipinski definition) is 3.